The number of phenols is 1. The van der Waals surface area contributed by atoms with Crippen molar-refractivity contribution < 1.29 is 28.9 Å². The van der Waals surface area contributed by atoms with Crippen molar-refractivity contribution in [2.24, 2.45) is 0 Å². The third-order valence-corrected chi connectivity index (χ3v) is 2.98. The number of phenolic OH excluding ortho intramolecular Hbond substituents is 1. The second-order valence-corrected chi connectivity index (χ2v) is 4.72. The van der Waals surface area contributed by atoms with Crippen molar-refractivity contribution in [2.45, 2.75) is 13.8 Å². The zero-order valence-corrected chi connectivity index (χ0v) is 14.5. The third-order valence-electron chi connectivity index (χ3n) is 2.98. The summed E-state index contributed by atoms with van der Waals surface area (Å²) in [7, 11) is 1.58. The van der Waals surface area contributed by atoms with E-state index in [0.717, 1.165) is 5.75 Å². The molecule has 2 rings (SSSR count). The summed E-state index contributed by atoms with van der Waals surface area (Å²) in [5, 5.41) is 8.92. The maximum atomic E-state index is 11.2. The number of hydrogen-bond donors (Lipinski definition) is 1. The Hall–Kier alpha value is -3.02. The van der Waals surface area contributed by atoms with Crippen LogP contribution in [-0.2, 0) is 9.47 Å². The normalized spacial score (nSPS) is 9.40. The highest BCUT2D eigenvalue weighted by Gasteiger charge is 2.05. The molecule has 134 valence electrons. The van der Waals surface area contributed by atoms with Crippen LogP contribution in [0.1, 0.15) is 34.6 Å². The van der Waals surface area contributed by atoms with Crippen LogP contribution in [0.25, 0.3) is 0 Å². The fourth-order valence-corrected chi connectivity index (χ4v) is 1.75. The molecule has 6 heteroatoms. The molecular weight excluding hydrogens is 324 g/mol. The first kappa shape index (κ1) is 20.0. The topological polar surface area (TPSA) is 82.1 Å². The fraction of sp³-hybridized carbons (Fsp3) is 0.263. The van der Waals surface area contributed by atoms with Crippen molar-refractivity contribution >= 4 is 11.9 Å². The molecule has 0 amide bonds. The van der Waals surface area contributed by atoms with Crippen LogP contribution in [0, 0.1) is 0 Å². The lowest BCUT2D eigenvalue weighted by molar-refractivity contribution is 0.0516. The molecule has 6 nitrogen and oxygen atoms in total. The molecule has 25 heavy (non-hydrogen) atoms. The number of ether oxygens (including phenoxy) is 3. The number of carbonyl (C=O) groups is 2. The Kier molecular flexibility index (Phi) is 8.57. The lowest BCUT2D eigenvalue weighted by Crippen LogP contribution is -2.03. The molecule has 0 atom stereocenters. The summed E-state index contributed by atoms with van der Waals surface area (Å²) in [4.78, 5) is 22.2. The molecule has 0 aliphatic carbocycles. The number of rotatable bonds is 5. The minimum atomic E-state index is -0.363. The predicted molar refractivity (Wildman–Crippen MR) is 93.0 cm³/mol. The van der Waals surface area contributed by atoms with Crippen LogP contribution in [0.4, 0.5) is 0 Å². The number of benzene rings is 2. The zero-order chi connectivity index (χ0) is 18.7. The second kappa shape index (κ2) is 10.7. The van der Waals surface area contributed by atoms with E-state index in [0.29, 0.717) is 24.3 Å². The van der Waals surface area contributed by atoms with E-state index >= 15 is 0 Å². The van der Waals surface area contributed by atoms with Gasteiger partial charge in [0.05, 0.1) is 31.5 Å². The summed E-state index contributed by atoms with van der Waals surface area (Å²) in [5.74, 6) is 0.207. The van der Waals surface area contributed by atoms with Crippen molar-refractivity contribution in [1.82, 2.24) is 0 Å². The summed E-state index contributed by atoms with van der Waals surface area (Å²) in [6.45, 7) is 4.28. The smallest absolute Gasteiger partial charge is 0.338 e. The Balaban J connectivity index is 0.000000251. The molecule has 2 aromatic carbocycles. The van der Waals surface area contributed by atoms with Crippen LogP contribution in [0.15, 0.2) is 48.5 Å². The van der Waals surface area contributed by atoms with Crippen LogP contribution in [-0.4, -0.2) is 37.4 Å². The molecule has 0 bridgehead atoms. The van der Waals surface area contributed by atoms with Crippen LogP contribution in [0.5, 0.6) is 11.5 Å². The Labute approximate surface area is 147 Å². The van der Waals surface area contributed by atoms with Gasteiger partial charge in [-0.25, -0.2) is 9.59 Å². The largest absolute Gasteiger partial charge is 0.508 e. The Bertz CT molecular complexity index is 661. The third kappa shape index (κ3) is 6.95. The van der Waals surface area contributed by atoms with E-state index in [4.69, 9.17) is 19.3 Å². The van der Waals surface area contributed by atoms with Crippen molar-refractivity contribution in [3.05, 3.63) is 59.7 Å². The quantitative estimate of drug-likeness (QED) is 0.835. The molecule has 0 fully saturated rings. The number of carbonyl (C=O) groups excluding carboxylic acids is 2. The highest BCUT2D eigenvalue weighted by Crippen LogP contribution is 2.12. The standard InChI is InChI=1S/C10H12O3.C9H10O3/c1-3-13-10(11)8-4-6-9(12-2)7-5-8;1-2-12-9(11)7-3-5-8(10)6-4-7/h4-7H,3H2,1-2H3;3-6,10H,2H2,1H3. The molecule has 0 heterocycles. The number of esters is 2. The maximum Gasteiger partial charge on any atom is 0.338 e. The summed E-state index contributed by atoms with van der Waals surface area (Å²) >= 11 is 0. The van der Waals surface area contributed by atoms with Crippen molar-refractivity contribution in [1.29, 1.82) is 0 Å². The van der Waals surface area contributed by atoms with Crippen LogP contribution >= 0.6 is 0 Å². The molecule has 0 saturated carbocycles. The van der Waals surface area contributed by atoms with Crippen molar-refractivity contribution in [3.63, 3.8) is 0 Å². The average molecular weight is 346 g/mol. The molecule has 0 aliphatic rings. The number of aromatic hydroxyl groups is 1. The van der Waals surface area contributed by atoms with Gasteiger partial charge in [0.2, 0.25) is 0 Å². The van der Waals surface area contributed by atoms with Crippen LogP contribution in [0.2, 0.25) is 0 Å². The summed E-state index contributed by atoms with van der Waals surface area (Å²) < 4.78 is 14.5. The van der Waals surface area contributed by atoms with Gasteiger partial charge in [-0.05, 0) is 62.4 Å². The van der Waals surface area contributed by atoms with Gasteiger partial charge in [-0.1, -0.05) is 0 Å². The predicted octanol–water partition coefficient (Wildman–Crippen LogP) is 3.44. The molecule has 1 N–H and O–H groups in total. The maximum absolute atomic E-state index is 11.2. The van der Waals surface area contributed by atoms with E-state index in [1.165, 1.54) is 24.3 Å². The second-order valence-electron chi connectivity index (χ2n) is 4.72. The average Bonchev–Trinajstić information content (AvgIpc) is 2.63. The van der Waals surface area contributed by atoms with Gasteiger partial charge in [0, 0.05) is 0 Å². The van der Waals surface area contributed by atoms with Gasteiger partial charge >= 0.3 is 11.9 Å². The summed E-state index contributed by atoms with van der Waals surface area (Å²) in [6, 6.07) is 12.8. The molecule has 0 unspecified atom stereocenters. The Morgan fingerprint density at radius 3 is 1.56 bits per heavy atom. The van der Waals surface area contributed by atoms with Crippen LogP contribution < -0.4 is 4.74 Å². The van der Waals surface area contributed by atoms with E-state index in [1.807, 2.05) is 0 Å². The van der Waals surface area contributed by atoms with Crippen molar-refractivity contribution in [3.8, 4) is 11.5 Å². The van der Waals surface area contributed by atoms with E-state index in [2.05, 4.69) is 0 Å². The van der Waals surface area contributed by atoms with Crippen molar-refractivity contribution in [2.75, 3.05) is 20.3 Å². The molecule has 0 spiro atoms. The van der Waals surface area contributed by atoms with Gasteiger partial charge in [-0.2, -0.15) is 0 Å². The lowest BCUT2D eigenvalue weighted by Gasteiger charge is -2.02. The van der Waals surface area contributed by atoms with E-state index in [1.54, 1.807) is 45.2 Å². The first-order valence-corrected chi connectivity index (χ1v) is 7.79. The van der Waals surface area contributed by atoms with Gasteiger partial charge in [0.1, 0.15) is 11.5 Å². The highest BCUT2D eigenvalue weighted by atomic mass is 16.5. The first-order valence-electron chi connectivity index (χ1n) is 7.79. The van der Waals surface area contributed by atoms with E-state index in [9.17, 15) is 9.59 Å². The molecule has 0 radical (unpaired) electrons. The van der Waals surface area contributed by atoms with Gasteiger partial charge in [0.25, 0.3) is 0 Å². The van der Waals surface area contributed by atoms with Gasteiger partial charge in [-0.15, -0.1) is 0 Å². The molecule has 0 saturated heterocycles. The fourth-order valence-electron chi connectivity index (χ4n) is 1.75. The minimum absolute atomic E-state index is 0.142. The van der Waals surface area contributed by atoms with E-state index < -0.39 is 0 Å². The van der Waals surface area contributed by atoms with Gasteiger partial charge < -0.3 is 19.3 Å². The Morgan fingerprint density at radius 2 is 1.20 bits per heavy atom. The van der Waals surface area contributed by atoms with Crippen LogP contribution in [0.3, 0.4) is 0 Å². The molecule has 2 aromatic rings. The number of methoxy groups -OCH3 is 1. The Morgan fingerprint density at radius 1 is 0.800 bits per heavy atom. The highest BCUT2D eigenvalue weighted by molar-refractivity contribution is 5.89. The van der Waals surface area contributed by atoms with Gasteiger partial charge in [0.15, 0.2) is 0 Å². The first-order chi connectivity index (χ1) is 12.0. The summed E-state index contributed by atoms with van der Waals surface area (Å²) in [6.07, 6.45) is 0. The molecular formula is C19H22O6. The monoisotopic (exact) mass is 346 g/mol. The molecule has 0 aliphatic heterocycles. The number of hydrogen-bond acceptors (Lipinski definition) is 6. The SMILES string of the molecule is CCOC(=O)c1ccc(O)cc1.CCOC(=O)c1ccc(OC)cc1. The minimum Gasteiger partial charge on any atom is -0.508 e. The van der Waals surface area contributed by atoms with E-state index in [-0.39, 0.29) is 17.7 Å². The zero-order valence-electron chi connectivity index (χ0n) is 14.5. The van der Waals surface area contributed by atoms with Gasteiger partial charge in [-0.3, -0.25) is 0 Å². The molecule has 0 aromatic heterocycles. The summed E-state index contributed by atoms with van der Waals surface area (Å²) in [5.41, 5.74) is 0.998. The lowest BCUT2D eigenvalue weighted by atomic mass is 10.2.